The molecule has 0 fully saturated rings. The molecule has 0 spiro atoms. The molecule has 0 amide bonds. The van der Waals surface area contributed by atoms with Crippen molar-refractivity contribution in [1.82, 2.24) is 9.97 Å². The highest BCUT2D eigenvalue weighted by Gasteiger charge is 2.35. The van der Waals surface area contributed by atoms with Crippen molar-refractivity contribution in [3.8, 4) is 11.1 Å². The van der Waals surface area contributed by atoms with Gasteiger partial charge in [-0.05, 0) is 64.9 Å². The fraction of sp³-hybridized carbons (Fsp3) is 0.179. The van der Waals surface area contributed by atoms with E-state index in [1.807, 2.05) is 11.3 Å². The third-order valence-electron chi connectivity index (χ3n) is 7.12. The van der Waals surface area contributed by atoms with Crippen molar-refractivity contribution in [2.45, 2.75) is 32.1 Å². The second kappa shape index (κ2) is 5.95. The molecule has 2 aliphatic carbocycles. The van der Waals surface area contributed by atoms with E-state index in [1.165, 1.54) is 54.3 Å². The maximum absolute atomic E-state index is 4.97. The smallest absolute Gasteiger partial charge is 0.120 e. The van der Waals surface area contributed by atoms with E-state index in [9.17, 15) is 0 Å². The summed E-state index contributed by atoms with van der Waals surface area (Å²) in [6.07, 6.45) is 8.78. The van der Waals surface area contributed by atoms with Crippen LogP contribution in [0.25, 0.3) is 48.7 Å². The Bertz CT molecular complexity index is 1610. The molecule has 2 heterocycles. The van der Waals surface area contributed by atoms with E-state index >= 15 is 0 Å². The van der Waals surface area contributed by atoms with Gasteiger partial charge in [-0.1, -0.05) is 56.3 Å². The monoisotopic (exact) mass is 418 g/mol. The average molecular weight is 419 g/mol. The zero-order valence-electron chi connectivity index (χ0n) is 17.6. The Morgan fingerprint density at radius 2 is 1.87 bits per heavy atom. The van der Waals surface area contributed by atoms with Crippen LogP contribution in [0, 0.1) is 0 Å². The van der Waals surface area contributed by atoms with Crippen LogP contribution in [-0.2, 0) is 5.41 Å². The first-order valence-corrected chi connectivity index (χ1v) is 11.8. The molecule has 5 aromatic rings. The second-order valence-corrected chi connectivity index (χ2v) is 10.3. The van der Waals surface area contributed by atoms with Gasteiger partial charge in [-0.2, -0.15) is 0 Å². The Balaban J connectivity index is 1.50. The quantitative estimate of drug-likeness (QED) is 0.294. The van der Waals surface area contributed by atoms with Crippen molar-refractivity contribution < 1.29 is 0 Å². The summed E-state index contributed by atoms with van der Waals surface area (Å²) in [5.74, 6) is 0. The largest absolute Gasteiger partial charge is 0.353 e. The number of rotatable bonds is 1. The molecular formula is C28H22N2S. The maximum atomic E-state index is 4.97. The molecule has 3 aromatic carbocycles. The molecule has 0 aliphatic heterocycles. The molecule has 1 N–H and O–H groups in total. The van der Waals surface area contributed by atoms with Crippen LogP contribution in [0.1, 0.15) is 42.8 Å². The molecule has 2 aliphatic rings. The van der Waals surface area contributed by atoms with E-state index in [-0.39, 0.29) is 5.41 Å². The van der Waals surface area contributed by atoms with Gasteiger partial charge in [0, 0.05) is 21.7 Å². The van der Waals surface area contributed by atoms with Gasteiger partial charge in [0.25, 0.3) is 0 Å². The van der Waals surface area contributed by atoms with Gasteiger partial charge < -0.3 is 4.98 Å². The molecule has 0 radical (unpaired) electrons. The molecule has 0 saturated carbocycles. The Morgan fingerprint density at radius 3 is 2.74 bits per heavy atom. The van der Waals surface area contributed by atoms with Gasteiger partial charge in [-0.15, -0.1) is 11.3 Å². The summed E-state index contributed by atoms with van der Waals surface area (Å²) < 4.78 is 1.26. The van der Waals surface area contributed by atoms with Crippen LogP contribution >= 0.6 is 11.3 Å². The Hall–Kier alpha value is -3.17. The van der Waals surface area contributed by atoms with Gasteiger partial charge in [-0.25, -0.2) is 4.98 Å². The molecule has 7 rings (SSSR count). The van der Waals surface area contributed by atoms with Crippen LogP contribution in [0.2, 0.25) is 0 Å². The Kier molecular flexibility index (Phi) is 3.36. The van der Waals surface area contributed by atoms with Gasteiger partial charge in [-0.3, -0.25) is 0 Å². The number of aromatic amines is 1. The highest BCUT2D eigenvalue weighted by atomic mass is 32.1. The number of aromatic nitrogens is 2. The SMILES string of the molecule is CC1(C)c2ccccc2-c2cc3c(cc21)[nH]c1c3ccc2nc(C3=CC=CCC3)sc21. The first-order valence-electron chi connectivity index (χ1n) is 11.0. The topological polar surface area (TPSA) is 28.7 Å². The van der Waals surface area contributed by atoms with Crippen LogP contribution < -0.4 is 0 Å². The van der Waals surface area contributed by atoms with E-state index in [4.69, 9.17) is 4.98 Å². The number of allylic oxidation sites excluding steroid dienone is 4. The van der Waals surface area contributed by atoms with E-state index < -0.39 is 0 Å². The normalized spacial score (nSPS) is 16.8. The Morgan fingerprint density at radius 1 is 0.968 bits per heavy atom. The fourth-order valence-corrected chi connectivity index (χ4v) is 6.59. The van der Waals surface area contributed by atoms with Crippen molar-refractivity contribution in [2.75, 3.05) is 0 Å². The van der Waals surface area contributed by atoms with Crippen molar-refractivity contribution >= 4 is 48.9 Å². The summed E-state index contributed by atoms with van der Waals surface area (Å²) in [6.45, 7) is 4.68. The number of nitrogens with one attached hydrogen (secondary N) is 1. The second-order valence-electron chi connectivity index (χ2n) is 9.25. The van der Waals surface area contributed by atoms with Crippen LogP contribution in [-0.4, -0.2) is 9.97 Å². The highest BCUT2D eigenvalue weighted by Crippen LogP contribution is 2.50. The predicted octanol–water partition coefficient (Wildman–Crippen LogP) is 7.97. The minimum Gasteiger partial charge on any atom is -0.353 e. The first kappa shape index (κ1) is 17.5. The number of H-pyrrole nitrogens is 1. The maximum Gasteiger partial charge on any atom is 0.120 e. The molecule has 2 aromatic heterocycles. The van der Waals surface area contributed by atoms with Gasteiger partial charge in [0.1, 0.15) is 5.01 Å². The number of benzene rings is 3. The lowest BCUT2D eigenvalue weighted by Crippen LogP contribution is -2.14. The van der Waals surface area contributed by atoms with Gasteiger partial charge in [0.2, 0.25) is 0 Å². The Labute approximate surface area is 184 Å². The number of nitrogens with zero attached hydrogens (tertiary/aromatic N) is 1. The molecule has 0 bridgehead atoms. The minimum absolute atomic E-state index is 0.0192. The van der Waals surface area contributed by atoms with Crippen LogP contribution in [0.4, 0.5) is 0 Å². The summed E-state index contributed by atoms with van der Waals surface area (Å²) >= 11 is 1.82. The molecule has 3 heteroatoms. The fourth-order valence-electron chi connectivity index (χ4n) is 5.47. The number of thiazole rings is 1. The highest BCUT2D eigenvalue weighted by molar-refractivity contribution is 7.20. The lowest BCUT2D eigenvalue weighted by atomic mass is 9.82. The molecule has 0 atom stereocenters. The van der Waals surface area contributed by atoms with Gasteiger partial charge >= 0.3 is 0 Å². The van der Waals surface area contributed by atoms with Crippen molar-refractivity contribution in [2.24, 2.45) is 0 Å². The van der Waals surface area contributed by atoms with Gasteiger partial charge in [0.05, 0.1) is 15.7 Å². The van der Waals surface area contributed by atoms with Crippen LogP contribution in [0.3, 0.4) is 0 Å². The summed E-state index contributed by atoms with van der Waals surface area (Å²) in [5.41, 5.74) is 10.5. The zero-order chi connectivity index (χ0) is 20.7. The van der Waals surface area contributed by atoms with Crippen molar-refractivity contribution in [1.29, 1.82) is 0 Å². The molecule has 31 heavy (non-hydrogen) atoms. The van der Waals surface area contributed by atoms with Crippen molar-refractivity contribution in [3.05, 3.63) is 82.9 Å². The molecule has 150 valence electrons. The van der Waals surface area contributed by atoms with Gasteiger partial charge in [0.15, 0.2) is 0 Å². The van der Waals surface area contributed by atoms with Crippen LogP contribution in [0.15, 0.2) is 66.8 Å². The summed E-state index contributed by atoms with van der Waals surface area (Å²) in [6, 6.07) is 18.1. The molecular weight excluding hydrogens is 396 g/mol. The lowest BCUT2D eigenvalue weighted by Gasteiger charge is -2.21. The summed E-state index contributed by atoms with van der Waals surface area (Å²) in [7, 11) is 0. The average Bonchev–Trinajstić information content (AvgIpc) is 3.45. The predicted molar refractivity (Wildman–Crippen MR) is 133 cm³/mol. The number of hydrogen-bond acceptors (Lipinski definition) is 2. The van der Waals surface area contributed by atoms with E-state index in [0.717, 1.165) is 23.4 Å². The standard InChI is InChI=1S/C28H22N2S/c1-28(2)21-11-7-6-10-17(21)19-14-20-18-12-13-23-26(25(18)29-24(20)15-22(19)28)31-27(30-23)16-8-4-3-5-9-16/h3-4,6-8,10-15,29H,5,9H2,1-2H3. The number of hydrogen-bond donors (Lipinski definition) is 1. The third kappa shape index (κ3) is 2.30. The van der Waals surface area contributed by atoms with Crippen LogP contribution in [0.5, 0.6) is 0 Å². The van der Waals surface area contributed by atoms with Crippen molar-refractivity contribution in [3.63, 3.8) is 0 Å². The molecule has 2 nitrogen and oxygen atoms in total. The zero-order valence-corrected chi connectivity index (χ0v) is 18.4. The lowest BCUT2D eigenvalue weighted by molar-refractivity contribution is 0.661. The molecule has 0 unspecified atom stereocenters. The molecule has 0 saturated heterocycles. The van der Waals surface area contributed by atoms with E-state index in [0.29, 0.717) is 0 Å². The summed E-state index contributed by atoms with van der Waals surface area (Å²) in [5, 5.41) is 3.75. The summed E-state index contributed by atoms with van der Waals surface area (Å²) in [4.78, 5) is 8.74. The third-order valence-corrected chi connectivity index (χ3v) is 8.28. The van der Waals surface area contributed by atoms with E-state index in [2.05, 4.69) is 85.6 Å². The minimum atomic E-state index is 0.0192. The first-order chi connectivity index (χ1) is 15.1. The number of fused-ring (bicyclic) bond motifs is 8. The van der Waals surface area contributed by atoms with E-state index in [1.54, 1.807) is 0 Å².